The third-order valence-electron chi connectivity index (χ3n) is 3.65. The third-order valence-corrected chi connectivity index (χ3v) is 3.65. The van der Waals surface area contributed by atoms with E-state index in [0.29, 0.717) is 5.92 Å². The summed E-state index contributed by atoms with van der Waals surface area (Å²) in [4.78, 5) is 15.2. The number of carbonyl (C=O) groups is 1. The minimum absolute atomic E-state index is 0.284. The maximum absolute atomic E-state index is 10.8. The van der Waals surface area contributed by atoms with Gasteiger partial charge < -0.3 is 5.11 Å². The summed E-state index contributed by atoms with van der Waals surface area (Å²) in [5.41, 5.74) is 1.15. The predicted octanol–water partition coefficient (Wildman–Crippen LogP) is 2.62. The van der Waals surface area contributed by atoms with Crippen molar-refractivity contribution in [2.24, 2.45) is 0 Å². The van der Waals surface area contributed by atoms with E-state index in [1.165, 1.54) is 12.8 Å². The fraction of sp³-hybridized carbons (Fsp3) is 0.357. The minimum atomic E-state index is -0.916. The number of hydrogen-bond donors (Lipinski definition) is 1. The maximum Gasteiger partial charge on any atom is 0.335 e. The lowest BCUT2D eigenvalue weighted by atomic mass is 10.1. The number of hydrogen-bond acceptors (Lipinski definition) is 3. The van der Waals surface area contributed by atoms with E-state index in [1.54, 1.807) is 30.6 Å². The van der Waals surface area contributed by atoms with Crippen molar-refractivity contribution in [1.29, 1.82) is 0 Å². The topological polar surface area (TPSA) is 68.0 Å². The molecule has 0 aliphatic heterocycles. The van der Waals surface area contributed by atoms with Gasteiger partial charge in [-0.1, -0.05) is 12.8 Å². The zero-order chi connectivity index (χ0) is 13.2. The Morgan fingerprint density at radius 2 is 1.89 bits per heavy atom. The molecule has 2 aromatic rings. The van der Waals surface area contributed by atoms with Crippen LogP contribution in [0.25, 0.3) is 5.69 Å². The molecule has 19 heavy (non-hydrogen) atoms. The lowest BCUT2D eigenvalue weighted by Crippen LogP contribution is -2.07. The first-order valence-corrected chi connectivity index (χ1v) is 6.49. The van der Waals surface area contributed by atoms with Crippen LogP contribution in [0, 0.1) is 0 Å². The minimum Gasteiger partial charge on any atom is -0.478 e. The van der Waals surface area contributed by atoms with E-state index in [0.717, 1.165) is 24.4 Å². The molecule has 5 heteroatoms. The van der Waals surface area contributed by atoms with Gasteiger partial charge >= 0.3 is 5.97 Å². The SMILES string of the molecule is O=C(O)c1ccc(-n2ncnc2C2CCCC2)cc1. The molecule has 1 N–H and O–H groups in total. The highest BCUT2D eigenvalue weighted by atomic mass is 16.4. The molecule has 0 radical (unpaired) electrons. The average molecular weight is 257 g/mol. The second-order valence-electron chi connectivity index (χ2n) is 4.86. The molecule has 1 saturated carbocycles. The summed E-state index contributed by atoms with van der Waals surface area (Å²) < 4.78 is 1.82. The van der Waals surface area contributed by atoms with Gasteiger partial charge in [0.15, 0.2) is 0 Å². The van der Waals surface area contributed by atoms with E-state index < -0.39 is 5.97 Å². The summed E-state index contributed by atoms with van der Waals surface area (Å²) in [5, 5.41) is 13.2. The molecule has 0 unspecified atom stereocenters. The van der Waals surface area contributed by atoms with Crippen molar-refractivity contribution in [2.45, 2.75) is 31.6 Å². The predicted molar refractivity (Wildman–Crippen MR) is 69.5 cm³/mol. The average Bonchev–Trinajstić information content (AvgIpc) is 3.09. The van der Waals surface area contributed by atoms with E-state index in [9.17, 15) is 4.79 Å². The number of nitrogens with zero attached hydrogens (tertiary/aromatic N) is 3. The largest absolute Gasteiger partial charge is 0.478 e. The number of rotatable bonds is 3. The van der Waals surface area contributed by atoms with Gasteiger partial charge in [-0.2, -0.15) is 5.10 Å². The van der Waals surface area contributed by atoms with Crippen molar-refractivity contribution in [2.75, 3.05) is 0 Å². The molecule has 0 atom stereocenters. The molecule has 1 heterocycles. The Hall–Kier alpha value is -2.17. The molecule has 5 nitrogen and oxygen atoms in total. The number of carboxylic acids is 1. The van der Waals surface area contributed by atoms with Gasteiger partial charge in [-0.15, -0.1) is 0 Å². The van der Waals surface area contributed by atoms with Gasteiger partial charge in [0.05, 0.1) is 11.3 Å². The Morgan fingerprint density at radius 1 is 1.21 bits per heavy atom. The number of aromatic carboxylic acids is 1. The quantitative estimate of drug-likeness (QED) is 0.917. The first-order valence-electron chi connectivity index (χ1n) is 6.49. The van der Waals surface area contributed by atoms with Gasteiger partial charge in [-0.3, -0.25) is 0 Å². The first kappa shape index (κ1) is 11.9. The highest BCUT2D eigenvalue weighted by molar-refractivity contribution is 5.87. The van der Waals surface area contributed by atoms with E-state index in [4.69, 9.17) is 5.11 Å². The van der Waals surface area contributed by atoms with E-state index in [1.807, 2.05) is 4.68 Å². The van der Waals surface area contributed by atoms with E-state index in [2.05, 4.69) is 10.1 Å². The molecule has 1 aromatic heterocycles. The van der Waals surface area contributed by atoms with Gasteiger partial charge in [-0.05, 0) is 37.1 Å². The molecule has 1 aromatic carbocycles. The first-order chi connectivity index (χ1) is 9.25. The smallest absolute Gasteiger partial charge is 0.335 e. The summed E-state index contributed by atoms with van der Waals surface area (Å²) in [5.74, 6) is 0.545. The Morgan fingerprint density at radius 3 is 2.53 bits per heavy atom. The molecule has 98 valence electrons. The van der Waals surface area contributed by atoms with Crippen LogP contribution in [0.15, 0.2) is 30.6 Å². The fourth-order valence-corrected chi connectivity index (χ4v) is 2.66. The van der Waals surface area contributed by atoms with Crippen LogP contribution in [0.5, 0.6) is 0 Å². The Kier molecular flexibility index (Phi) is 3.03. The van der Waals surface area contributed by atoms with Gasteiger partial charge in [0.25, 0.3) is 0 Å². The molecule has 3 rings (SSSR count). The normalized spacial score (nSPS) is 15.8. The number of aromatic nitrogens is 3. The van der Waals surface area contributed by atoms with Crippen molar-refractivity contribution in [3.05, 3.63) is 42.0 Å². The molecule has 0 amide bonds. The molecule has 0 bridgehead atoms. The Labute approximate surface area is 110 Å². The Balaban J connectivity index is 1.93. The molecule has 1 fully saturated rings. The van der Waals surface area contributed by atoms with Crippen LogP contribution in [0.4, 0.5) is 0 Å². The number of benzene rings is 1. The second kappa shape index (κ2) is 4.84. The standard InChI is InChI=1S/C14H15N3O2/c18-14(19)11-5-7-12(8-6-11)17-13(15-9-16-17)10-3-1-2-4-10/h5-10H,1-4H2,(H,18,19). The summed E-state index contributed by atoms with van der Waals surface area (Å²) in [6.45, 7) is 0. The van der Waals surface area contributed by atoms with Gasteiger partial charge in [-0.25, -0.2) is 14.5 Å². The van der Waals surface area contributed by atoms with Gasteiger partial charge in [0.1, 0.15) is 12.2 Å². The van der Waals surface area contributed by atoms with Crippen LogP contribution in [-0.2, 0) is 0 Å². The molecule has 0 saturated heterocycles. The lowest BCUT2D eigenvalue weighted by molar-refractivity contribution is 0.0697. The monoisotopic (exact) mass is 257 g/mol. The molecule has 0 spiro atoms. The van der Waals surface area contributed by atoms with Crippen LogP contribution in [0.1, 0.15) is 47.8 Å². The molecule has 1 aliphatic carbocycles. The van der Waals surface area contributed by atoms with Crippen molar-refractivity contribution in [1.82, 2.24) is 14.8 Å². The van der Waals surface area contributed by atoms with Crippen LogP contribution < -0.4 is 0 Å². The van der Waals surface area contributed by atoms with E-state index >= 15 is 0 Å². The van der Waals surface area contributed by atoms with Gasteiger partial charge in [0, 0.05) is 5.92 Å². The van der Waals surface area contributed by atoms with Crippen molar-refractivity contribution in [3.63, 3.8) is 0 Å². The van der Waals surface area contributed by atoms with Crippen LogP contribution in [0.3, 0.4) is 0 Å². The summed E-state index contributed by atoms with van der Waals surface area (Å²) in [6.07, 6.45) is 6.38. The molecular weight excluding hydrogens is 242 g/mol. The van der Waals surface area contributed by atoms with Crippen molar-refractivity contribution >= 4 is 5.97 Å². The summed E-state index contributed by atoms with van der Waals surface area (Å²) >= 11 is 0. The third kappa shape index (κ3) is 2.23. The van der Waals surface area contributed by atoms with Crippen LogP contribution in [0.2, 0.25) is 0 Å². The Bertz CT molecular complexity index is 583. The fourth-order valence-electron chi connectivity index (χ4n) is 2.66. The van der Waals surface area contributed by atoms with Crippen molar-refractivity contribution < 1.29 is 9.90 Å². The molecular formula is C14H15N3O2. The number of carboxylic acid groups (broad SMARTS) is 1. The molecule has 1 aliphatic rings. The van der Waals surface area contributed by atoms with E-state index in [-0.39, 0.29) is 5.56 Å². The maximum atomic E-state index is 10.8. The second-order valence-corrected chi connectivity index (χ2v) is 4.86. The summed E-state index contributed by atoms with van der Waals surface area (Å²) in [6, 6.07) is 6.74. The van der Waals surface area contributed by atoms with Gasteiger partial charge in [0.2, 0.25) is 0 Å². The zero-order valence-corrected chi connectivity index (χ0v) is 10.5. The highest BCUT2D eigenvalue weighted by Crippen LogP contribution is 2.33. The van der Waals surface area contributed by atoms with Crippen molar-refractivity contribution in [3.8, 4) is 5.69 Å². The van der Waals surface area contributed by atoms with Crippen LogP contribution >= 0.6 is 0 Å². The highest BCUT2D eigenvalue weighted by Gasteiger charge is 2.22. The van der Waals surface area contributed by atoms with Crippen LogP contribution in [-0.4, -0.2) is 25.8 Å². The summed E-state index contributed by atoms with van der Waals surface area (Å²) in [7, 11) is 0. The zero-order valence-electron chi connectivity index (χ0n) is 10.5. The lowest BCUT2D eigenvalue weighted by Gasteiger charge is -2.11.